The zero-order valence-electron chi connectivity index (χ0n) is 12.5. The molecule has 1 amide bonds. The van der Waals surface area contributed by atoms with Crippen LogP contribution in [0.1, 0.15) is 35.4 Å². The zero-order chi connectivity index (χ0) is 15.4. The van der Waals surface area contributed by atoms with Crippen LogP contribution in [0.15, 0.2) is 36.5 Å². The Morgan fingerprint density at radius 3 is 2.82 bits per heavy atom. The summed E-state index contributed by atoms with van der Waals surface area (Å²) in [5.41, 5.74) is 6.87. The second-order valence-corrected chi connectivity index (χ2v) is 6.79. The molecule has 0 aliphatic heterocycles. The Kier molecular flexibility index (Phi) is 4.85. The van der Waals surface area contributed by atoms with E-state index in [1.54, 1.807) is 6.20 Å². The van der Waals surface area contributed by atoms with E-state index in [1.807, 2.05) is 30.3 Å². The van der Waals surface area contributed by atoms with Gasteiger partial charge in [-0.25, -0.2) is 4.98 Å². The molecule has 0 bridgehead atoms. The summed E-state index contributed by atoms with van der Waals surface area (Å²) >= 11 is 1.44. The molecule has 4 nitrogen and oxygen atoms in total. The van der Waals surface area contributed by atoms with Crippen molar-refractivity contribution in [2.24, 2.45) is 11.7 Å². The maximum atomic E-state index is 12.4. The molecule has 5 heteroatoms. The molecule has 3 rings (SSSR count). The second-order valence-electron chi connectivity index (χ2n) is 5.76. The lowest BCUT2D eigenvalue weighted by Gasteiger charge is -2.31. The Morgan fingerprint density at radius 1 is 1.27 bits per heavy atom. The molecular weight excluding hydrogens is 294 g/mol. The van der Waals surface area contributed by atoms with Crippen molar-refractivity contribution in [3.05, 3.63) is 41.4 Å². The van der Waals surface area contributed by atoms with Crippen LogP contribution < -0.4 is 11.1 Å². The summed E-state index contributed by atoms with van der Waals surface area (Å²) in [6.45, 7) is 0.642. The highest BCUT2D eigenvalue weighted by Crippen LogP contribution is 2.27. The molecule has 1 aromatic heterocycles. The van der Waals surface area contributed by atoms with Crippen molar-refractivity contribution in [1.82, 2.24) is 10.3 Å². The first-order chi connectivity index (χ1) is 10.8. The Balaban J connectivity index is 1.69. The quantitative estimate of drug-likeness (QED) is 0.911. The average Bonchev–Trinajstić information content (AvgIpc) is 3.06. The van der Waals surface area contributed by atoms with Crippen LogP contribution in [0.4, 0.5) is 0 Å². The Morgan fingerprint density at radius 2 is 2.05 bits per heavy atom. The Labute approximate surface area is 134 Å². The highest BCUT2D eigenvalue weighted by Gasteiger charge is 2.26. The van der Waals surface area contributed by atoms with Crippen molar-refractivity contribution < 1.29 is 4.79 Å². The van der Waals surface area contributed by atoms with E-state index < -0.39 is 0 Å². The van der Waals surface area contributed by atoms with Gasteiger partial charge in [-0.3, -0.25) is 4.79 Å². The average molecular weight is 315 g/mol. The van der Waals surface area contributed by atoms with E-state index >= 15 is 0 Å². The predicted octanol–water partition coefficient (Wildman–Crippen LogP) is 3.06. The van der Waals surface area contributed by atoms with Gasteiger partial charge >= 0.3 is 0 Å². The molecule has 1 saturated carbocycles. The highest BCUT2D eigenvalue weighted by molar-refractivity contribution is 7.16. The highest BCUT2D eigenvalue weighted by atomic mass is 32.1. The number of nitrogens with two attached hydrogens (primary N) is 1. The minimum atomic E-state index is -0.0231. The van der Waals surface area contributed by atoms with Gasteiger partial charge in [-0.1, -0.05) is 43.2 Å². The van der Waals surface area contributed by atoms with E-state index in [0.29, 0.717) is 17.3 Å². The molecule has 1 aliphatic carbocycles. The predicted molar refractivity (Wildman–Crippen MR) is 89.8 cm³/mol. The van der Waals surface area contributed by atoms with Gasteiger partial charge in [0.2, 0.25) is 0 Å². The molecule has 2 atom stereocenters. The molecule has 2 unspecified atom stereocenters. The Bertz CT molecular complexity index is 626. The summed E-state index contributed by atoms with van der Waals surface area (Å²) in [5.74, 6) is 0.379. The first-order valence-corrected chi connectivity index (χ1v) is 8.62. The summed E-state index contributed by atoms with van der Waals surface area (Å²) in [6.07, 6.45) is 6.19. The molecule has 22 heavy (non-hydrogen) atoms. The summed E-state index contributed by atoms with van der Waals surface area (Å²) in [6, 6.07) is 10.1. The van der Waals surface area contributed by atoms with Crippen LogP contribution in [0, 0.1) is 5.92 Å². The molecule has 1 heterocycles. The molecule has 0 saturated heterocycles. The number of benzene rings is 1. The number of thiazole rings is 1. The number of hydrogen-bond donors (Lipinski definition) is 2. The van der Waals surface area contributed by atoms with E-state index in [2.05, 4.69) is 10.3 Å². The van der Waals surface area contributed by atoms with Crippen molar-refractivity contribution >= 4 is 17.2 Å². The van der Waals surface area contributed by atoms with E-state index in [1.165, 1.54) is 24.2 Å². The fourth-order valence-electron chi connectivity index (χ4n) is 3.01. The third-order valence-corrected chi connectivity index (χ3v) is 5.32. The fraction of sp³-hybridized carbons (Fsp3) is 0.412. The monoisotopic (exact) mass is 315 g/mol. The van der Waals surface area contributed by atoms with E-state index in [4.69, 9.17) is 5.73 Å². The van der Waals surface area contributed by atoms with Gasteiger partial charge in [0.25, 0.3) is 5.91 Å². The van der Waals surface area contributed by atoms with Crippen LogP contribution in [0.3, 0.4) is 0 Å². The van der Waals surface area contributed by atoms with Crippen molar-refractivity contribution in [1.29, 1.82) is 0 Å². The lowest BCUT2D eigenvalue weighted by atomic mass is 9.84. The smallest absolute Gasteiger partial charge is 0.263 e. The number of carbonyl (C=O) groups is 1. The molecule has 1 fully saturated rings. The molecule has 116 valence electrons. The number of hydrogen-bond acceptors (Lipinski definition) is 4. The number of aromatic nitrogens is 1. The fourth-order valence-corrected chi connectivity index (χ4v) is 3.84. The number of nitrogens with one attached hydrogen (secondary N) is 1. The molecular formula is C17H21N3OS. The molecule has 1 aromatic carbocycles. The van der Waals surface area contributed by atoms with Gasteiger partial charge in [-0.05, 0) is 25.3 Å². The van der Waals surface area contributed by atoms with E-state index in [0.717, 1.165) is 23.4 Å². The first kappa shape index (κ1) is 15.2. The third-order valence-electron chi connectivity index (χ3n) is 4.28. The molecule has 1 aliphatic rings. The van der Waals surface area contributed by atoms with Gasteiger partial charge < -0.3 is 11.1 Å². The van der Waals surface area contributed by atoms with Crippen LogP contribution in [0.25, 0.3) is 10.6 Å². The summed E-state index contributed by atoms with van der Waals surface area (Å²) in [4.78, 5) is 17.5. The maximum absolute atomic E-state index is 12.4. The SMILES string of the molecule is NCC1CCCCC1NC(=O)c1cnc(-c2ccccc2)s1. The number of amides is 1. The summed E-state index contributed by atoms with van der Waals surface area (Å²) in [7, 11) is 0. The lowest BCUT2D eigenvalue weighted by molar-refractivity contribution is 0.0912. The summed E-state index contributed by atoms with van der Waals surface area (Å²) < 4.78 is 0. The number of carbonyl (C=O) groups excluding carboxylic acids is 1. The Hall–Kier alpha value is -1.72. The van der Waals surface area contributed by atoms with Gasteiger partial charge in [0, 0.05) is 11.6 Å². The van der Waals surface area contributed by atoms with Gasteiger partial charge in [-0.2, -0.15) is 0 Å². The molecule has 3 N–H and O–H groups in total. The van der Waals surface area contributed by atoms with Crippen molar-refractivity contribution in [2.75, 3.05) is 6.54 Å². The van der Waals surface area contributed by atoms with E-state index in [9.17, 15) is 4.79 Å². The van der Waals surface area contributed by atoms with Crippen LogP contribution in [0.2, 0.25) is 0 Å². The first-order valence-electron chi connectivity index (χ1n) is 7.80. The largest absolute Gasteiger partial charge is 0.348 e. The number of nitrogens with zero attached hydrogens (tertiary/aromatic N) is 1. The number of rotatable bonds is 4. The zero-order valence-corrected chi connectivity index (χ0v) is 13.3. The van der Waals surface area contributed by atoms with E-state index in [-0.39, 0.29) is 11.9 Å². The molecule has 0 spiro atoms. The molecule has 0 radical (unpaired) electrons. The van der Waals surface area contributed by atoms with Crippen molar-refractivity contribution in [3.8, 4) is 10.6 Å². The lowest BCUT2D eigenvalue weighted by Crippen LogP contribution is -2.44. The standard InChI is InChI=1S/C17H21N3OS/c18-10-13-8-4-5-9-14(13)20-16(21)15-11-19-17(22-15)12-6-2-1-3-7-12/h1-3,6-7,11,13-14H,4-5,8-10,18H2,(H,20,21). The summed E-state index contributed by atoms with van der Waals surface area (Å²) in [5, 5.41) is 4.03. The third kappa shape index (κ3) is 3.36. The van der Waals surface area contributed by atoms with Crippen LogP contribution >= 0.6 is 11.3 Å². The minimum absolute atomic E-state index is 0.0231. The van der Waals surface area contributed by atoms with Crippen LogP contribution in [0.5, 0.6) is 0 Å². The topological polar surface area (TPSA) is 68.0 Å². The van der Waals surface area contributed by atoms with Crippen LogP contribution in [-0.2, 0) is 0 Å². The maximum Gasteiger partial charge on any atom is 0.263 e. The minimum Gasteiger partial charge on any atom is -0.348 e. The molecule has 2 aromatic rings. The van der Waals surface area contributed by atoms with Gasteiger partial charge in [-0.15, -0.1) is 11.3 Å². The van der Waals surface area contributed by atoms with Gasteiger partial charge in [0.1, 0.15) is 9.88 Å². The second kappa shape index (κ2) is 7.03. The normalized spacial score (nSPS) is 21.5. The van der Waals surface area contributed by atoms with Gasteiger partial charge in [0.15, 0.2) is 0 Å². The van der Waals surface area contributed by atoms with Crippen LogP contribution in [-0.4, -0.2) is 23.5 Å². The van der Waals surface area contributed by atoms with Crippen molar-refractivity contribution in [3.63, 3.8) is 0 Å². The van der Waals surface area contributed by atoms with Gasteiger partial charge in [0.05, 0.1) is 6.20 Å². The van der Waals surface area contributed by atoms with Crippen molar-refractivity contribution in [2.45, 2.75) is 31.7 Å².